The molecule has 0 unspecified atom stereocenters. The molecule has 0 radical (unpaired) electrons. The van der Waals surface area contributed by atoms with E-state index in [-0.39, 0.29) is 25.3 Å². The number of carboxylic acids is 1. The summed E-state index contributed by atoms with van der Waals surface area (Å²) in [6.07, 6.45) is 3.27. The Morgan fingerprint density at radius 3 is 2.43 bits per heavy atom. The Morgan fingerprint density at radius 2 is 1.89 bits per heavy atom. The summed E-state index contributed by atoms with van der Waals surface area (Å²) in [5.41, 5.74) is 16.4. The van der Waals surface area contributed by atoms with Crippen LogP contribution in [0.15, 0.2) is 17.5 Å². The van der Waals surface area contributed by atoms with Gasteiger partial charge in [0.1, 0.15) is 18.1 Å². The van der Waals surface area contributed by atoms with E-state index in [4.69, 9.17) is 22.3 Å². The number of carbonyl (C=O) groups is 3. The Morgan fingerprint density at radius 1 is 1.21 bits per heavy atom. The third-order valence-corrected chi connectivity index (χ3v) is 3.71. The van der Waals surface area contributed by atoms with Gasteiger partial charge in [-0.1, -0.05) is 0 Å². The van der Waals surface area contributed by atoms with Crippen LogP contribution in [-0.4, -0.2) is 75.2 Å². The van der Waals surface area contributed by atoms with Crippen LogP contribution in [0.1, 0.15) is 18.5 Å². The van der Waals surface area contributed by atoms with Gasteiger partial charge >= 0.3 is 5.97 Å². The van der Waals surface area contributed by atoms with Crippen LogP contribution in [0.3, 0.4) is 0 Å². The van der Waals surface area contributed by atoms with Crippen LogP contribution in [0.2, 0.25) is 0 Å². The van der Waals surface area contributed by atoms with Crippen LogP contribution in [0.4, 0.5) is 0 Å². The minimum atomic E-state index is -1.25. The average Bonchev–Trinajstić information content (AvgIpc) is 3.15. The second kappa shape index (κ2) is 11.5. The first kappa shape index (κ1) is 22.9. The molecule has 1 heterocycles. The molecular weight excluding hydrogens is 372 g/mol. The Bertz CT molecular complexity index is 674. The number of amides is 2. The summed E-state index contributed by atoms with van der Waals surface area (Å²) in [5.74, 6) is -2.82. The fourth-order valence-corrected chi connectivity index (χ4v) is 2.22. The number of imidazole rings is 1. The number of guanidine groups is 1. The molecule has 0 aromatic carbocycles. The number of nitrogens with one attached hydrogen (secondary N) is 3. The smallest absolute Gasteiger partial charge is 0.326 e. The van der Waals surface area contributed by atoms with E-state index in [1.165, 1.54) is 12.5 Å². The van der Waals surface area contributed by atoms with Crippen LogP contribution < -0.4 is 27.8 Å². The first-order valence-corrected chi connectivity index (χ1v) is 8.47. The third kappa shape index (κ3) is 8.01. The van der Waals surface area contributed by atoms with Gasteiger partial charge in [-0.15, -0.1) is 0 Å². The first-order valence-electron chi connectivity index (χ1n) is 8.47. The van der Waals surface area contributed by atoms with Crippen LogP contribution in [0.5, 0.6) is 0 Å². The normalized spacial score (nSPS) is 13.8. The molecule has 28 heavy (non-hydrogen) atoms. The fourth-order valence-electron chi connectivity index (χ4n) is 2.22. The van der Waals surface area contributed by atoms with Crippen molar-refractivity contribution in [1.82, 2.24) is 20.6 Å². The maximum Gasteiger partial charge on any atom is 0.326 e. The zero-order chi connectivity index (χ0) is 21.1. The highest BCUT2D eigenvalue weighted by atomic mass is 16.4. The minimum absolute atomic E-state index is 0.0219. The second-order valence-electron chi connectivity index (χ2n) is 5.98. The summed E-state index contributed by atoms with van der Waals surface area (Å²) in [4.78, 5) is 46.3. The van der Waals surface area contributed by atoms with Crippen LogP contribution in [-0.2, 0) is 20.8 Å². The number of aliphatic hydroxyl groups excluding tert-OH is 1. The van der Waals surface area contributed by atoms with Gasteiger partial charge in [0.15, 0.2) is 5.96 Å². The summed E-state index contributed by atoms with van der Waals surface area (Å²) in [7, 11) is 0. The van der Waals surface area contributed by atoms with Gasteiger partial charge in [-0.05, 0) is 12.8 Å². The van der Waals surface area contributed by atoms with Gasteiger partial charge in [0.05, 0.1) is 12.9 Å². The van der Waals surface area contributed by atoms with Crippen molar-refractivity contribution < 1.29 is 24.6 Å². The second-order valence-corrected chi connectivity index (χ2v) is 5.98. The molecule has 13 nitrogen and oxygen atoms in total. The lowest BCUT2D eigenvalue weighted by Crippen LogP contribution is -2.55. The van der Waals surface area contributed by atoms with Crippen molar-refractivity contribution in [3.8, 4) is 0 Å². The van der Waals surface area contributed by atoms with E-state index in [1.54, 1.807) is 0 Å². The Hall–Kier alpha value is -3.19. The molecule has 2 amide bonds. The van der Waals surface area contributed by atoms with Gasteiger partial charge in [-0.3, -0.25) is 14.6 Å². The maximum absolute atomic E-state index is 12.6. The summed E-state index contributed by atoms with van der Waals surface area (Å²) in [6, 6.07) is -3.53. The average molecular weight is 398 g/mol. The number of aromatic amines is 1. The predicted octanol–water partition coefficient (Wildman–Crippen LogP) is -3.62. The number of nitrogens with zero attached hydrogens (tertiary/aromatic N) is 2. The molecule has 3 atom stereocenters. The molecule has 0 aliphatic rings. The molecule has 0 aliphatic carbocycles. The van der Waals surface area contributed by atoms with Crippen molar-refractivity contribution >= 4 is 23.7 Å². The quantitative estimate of drug-likeness (QED) is 0.0983. The van der Waals surface area contributed by atoms with Crippen molar-refractivity contribution in [1.29, 1.82) is 0 Å². The Balaban J connectivity index is 2.80. The van der Waals surface area contributed by atoms with Gasteiger partial charge in [0.2, 0.25) is 11.8 Å². The summed E-state index contributed by atoms with van der Waals surface area (Å²) in [6.45, 7) is -0.393. The number of rotatable bonds is 12. The van der Waals surface area contributed by atoms with E-state index in [1.807, 2.05) is 0 Å². The van der Waals surface area contributed by atoms with Gasteiger partial charge in [-0.25, -0.2) is 9.78 Å². The molecular formula is C15H26N8O5. The minimum Gasteiger partial charge on any atom is -0.480 e. The molecule has 1 aromatic rings. The van der Waals surface area contributed by atoms with Gasteiger partial charge < -0.3 is 43.0 Å². The number of carboxylic acid groups (broad SMARTS) is 1. The van der Waals surface area contributed by atoms with Gasteiger partial charge in [0.25, 0.3) is 0 Å². The van der Waals surface area contributed by atoms with Gasteiger partial charge in [0, 0.05) is 24.9 Å². The van der Waals surface area contributed by atoms with E-state index in [2.05, 4.69) is 25.6 Å². The third-order valence-electron chi connectivity index (χ3n) is 3.71. The standard InChI is InChI=1S/C15H26N8O5/c16-9(6-24)12(25)22-10(2-1-3-20-15(17)18)13(26)23-11(14(27)28)4-8-5-19-7-21-8/h5,7,9-11,24H,1-4,6,16H2,(H,19,21)(H,22,25)(H,23,26)(H,27,28)(H4,17,18,20)/t9-,10-,11-/m0/s1. The summed E-state index contributed by atoms with van der Waals surface area (Å²) < 4.78 is 0. The number of hydrogen-bond acceptors (Lipinski definition) is 7. The number of nitrogens with two attached hydrogens (primary N) is 3. The highest BCUT2D eigenvalue weighted by Gasteiger charge is 2.28. The molecule has 0 bridgehead atoms. The molecule has 0 aliphatic heterocycles. The molecule has 0 fully saturated rings. The number of H-pyrrole nitrogens is 1. The maximum atomic E-state index is 12.6. The Kier molecular flexibility index (Phi) is 9.39. The predicted molar refractivity (Wildman–Crippen MR) is 98.8 cm³/mol. The topological polar surface area (TPSA) is 235 Å². The molecule has 0 saturated carbocycles. The molecule has 0 saturated heterocycles. The lowest BCUT2D eigenvalue weighted by molar-refractivity contribution is -0.142. The number of aliphatic hydroxyl groups is 1. The molecule has 156 valence electrons. The lowest BCUT2D eigenvalue weighted by atomic mass is 10.1. The van der Waals surface area contributed by atoms with Gasteiger partial charge in [-0.2, -0.15) is 0 Å². The van der Waals surface area contributed by atoms with E-state index >= 15 is 0 Å². The van der Waals surface area contributed by atoms with E-state index in [0.717, 1.165) is 0 Å². The van der Waals surface area contributed by atoms with Crippen LogP contribution in [0, 0.1) is 0 Å². The highest BCUT2D eigenvalue weighted by Crippen LogP contribution is 2.03. The number of aromatic nitrogens is 2. The van der Waals surface area contributed by atoms with Crippen molar-refractivity contribution in [2.45, 2.75) is 37.4 Å². The number of aliphatic carboxylic acids is 1. The zero-order valence-corrected chi connectivity index (χ0v) is 15.2. The summed E-state index contributed by atoms with van der Waals surface area (Å²) >= 11 is 0. The van der Waals surface area contributed by atoms with E-state index in [0.29, 0.717) is 12.1 Å². The number of aliphatic imine (C=N–C) groups is 1. The van der Waals surface area contributed by atoms with Crippen molar-refractivity contribution in [2.24, 2.45) is 22.2 Å². The molecule has 1 aromatic heterocycles. The molecule has 1 rings (SSSR count). The monoisotopic (exact) mass is 398 g/mol. The molecule has 0 spiro atoms. The molecule has 13 heteroatoms. The zero-order valence-electron chi connectivity index (χ0n) is 15.2. The van der Waals surface area contributed by atoms with E-state index in [9.17, 15) is 19.5 Å². The number of carbonyl (C=O) groups excluding carboxylic acids is 2. The van der Waals surface area contributed by atoms with Crippen molar-refractivity contribution in [2.75, 3.05) is 13.2 Å². The Labute approximate surface area is 160 Å². The van der Waals surface area contributed by atoms with E-state index < -0.39 is 42.5 Å². The summed E-state index contributed by atoms with van der Waals surface area (Å²) in [5, 5.41) is 23.1. The van der Waals surface area contributed by atoms with Crippen LogP contribution in [0.25, 0.3) is 0 Å². The van der Waals surface area contributed by atoms with Crippen molar-refractivity contribution in [3.05, 3.63) is 18.2 Å². The number of hydrogen-bond donors (Lipinski definition) is 8. The fraction of sp³-hybridized carbons (Fsp3) is 0.533. The van der Waals surface area contributed by atoms with Crippen molar-refractivity contribution in [3.63, 3.8) is 0 Å². The molecule has 11 N–H and O–H groups in total. The van der Waals surface area contributed by atoms with Crippen LogP contribution >= 0.6 is 0 Å². The highest BCUT2D eigenvalue weighted by molar-refractivity contribution is 5.91. The first-order chi connectivity index (χ1) is 13.2. The SMILES string of the molecule is NC(N)=NCCC[C@H](NC(=O)[C@@H](N)CO)C(=O)N[C@@H](Cc1cnc[nH]1)C(=O)O. The lowest BCUT2D eigenvalue weighted by Gasteiger charge is -2.22. The largest absolute Gasteiger partial charge is 0.480 e.